The van der Waals surface area contributed by atoms with Crippen molar-refractivity contribution in [2.24, 2.45) is 0 Å². The molecule has 88 valence electrons. The number of ketones is 1. The molecule has 0 bridgehead atoms. The highest BCUT2D eigenvalue weighted by atomic mass is 16.7. The van der Waals surface area contributed by atoms with E-state index in [0.717, 1.165) is 10.8 Å². The van der Waals surface area contributed by atoms with E-state index in [1.165, 1.54) is 7.11 Å². The normalized spacial score (nSPS) is 10.6. The largest absolute Gasteiger partial charge is 0.359 e. The van der Waals surface area contributed by atoms with Crippen LogP contribution in [0.15, 0.2) is 42.5 Å². The predicted molar refractivity (Wildman–Crippen MR) is 66.1 cm³/mol. The number of rotatable bonds is 5. The summed E-state index contributed by atoms with van der Waals surface area (Å²) in [5, 5.41) is 2.19. The van der Waals surface area contributed by atoms with Gasteiger partial charge >= 0.3 is 0 Å². The van der Waals surface area contributed by atoms with Crippen LogP contribution in [0.2, 0.25) is 0 Å². The highest BCUT2D eigenvalue weighted by Crippen LogP contribution is 2.15. The van der Waals surface area contributed by atoms with E-state index in [2.05, 4.69) is 0 Å². The molecule has 0 heterocycles. The Hall–Kier alpha value is -1.71. The molecule has 2 aromatic rings. The number of carbonyl (C=O) groups excluding carboxylic acids is 1. The molecule has 0 N–H and O–H groups in total. The van der Waals surface area contributed by atoms with E-state index in [4.69, 9.17) is 9.47 Å². The van der Waals surface area contributed by atoms with Gasteiger partial charge in [0.15, 0.2) is 5.78 Å². The van der Waals surface area contributed by atoms with Crippen molar-refractivity contribution in [2.75, 3.05) is 20.5 Å². The Labute approximate surface area is 100.0 Å². The average molecular weight is 230 g/mol. The van der Waals surface area contributed by atoms with E-state index in [0.29, 0.717) is 5.56 Å². The quantitative estimate of drug-likeness (QED) is 0.450. The highest BCUT2D eigenvalue weighted by molar-refractivity contribution is 6.00. The van der Waals surface area contributed by atoms with E-state index in [1.807, 2.05) is 42.5 Å². The van der Waals surface area contributed by atoms with Crippen molar-refractivity contribution in [2.45, 2.75) is 0 Å². The fourth-order valence-corrected chi connectivity index (χ4v) is 1.66. The van der Waals surface area contributed by atoms with Gasteiger partial charge in [-0.2, -0.15) is 0 Å². The molecule has 0 radical (unpaired) electrons. The van der Waals surface area contributed by atoms with Crippen LogP contribution in [-0.2, 0) is 9.47 Å². The van der Waals surface area contributed by atoms with Crippen molar-refractivity contribution >= 4 is 16.6 Å². The smallest absolute Gasteiger partial charge is 0.188 e. The first-order chi connectivity index (χ1) is 8.31. The third-order valence-electron chi connectivity index (χ3n) is 2.51. The van der Waals surface area contributed by atoms with Crippen molar-refractivity contribution < 1.29 is 14.3 Å². The van der Waals surface area contributed by atoms with Gasteiger partial charge in [-0.15, -0.1) is 0 Å². The molecule has 0 saturated heterocycles. The van der Waals surface area contributed by atoms with Crippen molar-refractivity contribution in [3.8, 4) is 0 Å². The van der Waals surface area contributed by atoms with Gasteiger partial charge < -0.3 is 9.47 Å². The Morgan fingerprint density at radius 3 is 2.65 bits per heavy atom. The first-order valence-electron chi connectivity index (χ1n) is 5.40. The number of benzene rings is 2. The number of Topliss-reactive ketones (excluding diaryl/α,β-unsaturated/α-hetero) is 1. The summed E-state index contributed by atoms with van der Waals surface area (Å²) in [5.74, 6) is -0.0344. The van der Waals surface area contributed by atoms with Gasteiger partial charge in [-0.25, -0.2) is 0 Å². The molecule has 17 heavy (non-hydrogen) atoms. The second-order valence-electron chi connectivity index (χ2n) is 3.74. The highest BCUT2D eigenvalue weighted by Gasteiger charge is 2.06. The minimum atomic E-state index is -0.0344. The topological polar surface area (TPSA) is 35.5 Å². The molecule has 0 aromatic heterocycles. The van der Waals surface area contributed by atoms with Crippen LogP contribution in [0.4, 0.5) is 0 Å². The molecule has 3 heteroatoms. The van der Waals surface area contributed by atoms with Crippen molar-refractivity contribution in [3.63, 3.8) is 0 Å². The van der Waals surface area contributed by atoms with E-state index < -0.39 is 0 Å². The molecule has 2 rings (SSSR count). The maximum absolute atomic E-state index is 11.8. The SMILES string of the molecule is COCOCC(=O)c1ccc2ccccc2c1. The maximum atomic E-state index is 11.8. The molecule has 3 nitrogen and oxygen atoms in total. The first kappa shape index (κ1) is 11.8. The minimum absolute atomic E-state index is 0.0344. The lowest BCUT2D eigenvalue weighted by Gasteiger charge is -2.04. The number of methoxy groups -OCH3 is 1. The van der Waals surface area contributed by atoms with Crippen LogP contribution in [-0.4, -0.2) is 26.3 Å². The van der Waals surface area contributed by atoms with Gasteiger partial charge in [0.1, 0.15) is 13.4 Å². The standard InChI is InChI=1S/C14H14O3/c1-16-10-17-9-14(15)13-7-6-11-4-2-3-5-12(11)8-13/h2-8H,9-10H2,1H3. The molecule has 0 amide bonds. The van der Waals surface area contributed by atoms with Gasteiger partial charge in [0, 0.05) is 12.7 Å². The molecule has 2 aromatic carbocycles. The number of carbonyl (C=O) groups is 1. The van der Waals surface area contributed by atoms with E-state index in [9.17, 15) is 4.79 Å². The monoisotopic (exact) mass is 230 g/mol. The van der Waals surface area contributed by atoms with Gasteiger partial charge in [-0.1, -0.05) is 36.4 Å². The lowest BCUT2D eigenvalue weighted by molar-refractivity contribution is -0.0237. The van der Waals surface area contributed by atoms with Crippen LogP contribution in [0.1, 0.15) is 10.4 Å². The molecule has 0 aliphatic carbocycles. The van der Waals surface area contributed by atoms with Gasteiger partial charge in [-0.05, 0) is 16.8 Å². The molecule has 0 unspecified atom stereocenters. The van der Waals surface area contributed by atoms with Crippen molar-refractivity contribution in [1.29, 1.82) is 0 Å². The Kier molecular flexibility index (Phi) is 3.85. The zero-order valence-corrected chi connectivity index (χ0v) is 9.68. The van der Waals surface area contributed by atoms with Crippen LogP contribution in [0.3, 0.4) is 0 Å². The summed E-state index contributed by atoms with van der Waals surface area (Å²) < 4.78 is 9.76. The molecule has 0 aliphatic heterocycles. The first-order valence-corrected chi connectivity index (χ1v) is 5.40. The Morgan fingerprint density at radius 1 is 1.12 bits per heavy atom. The Balaban J connectivity index is 2.15. The maximum Gasteiger partial charge on any atom is 0.188 e. The molecule has 0 aliphatic rings. The fourth-order valence-electron chi connectivity index (χ4n) is 1.66. The van der Waals surface area contributed by atoms with Crippen LogP contribution < -0.4 is 0 Å². The zero-order chi connectivity index (χ0) is 12.1. The van der Waals surface area contributed by atoms with Gasteiger partial charge in [0.2, 0.25) is 0 Å². The lowest BCUT2D eigenvalue weighted by Crippen LogP contribution is -2.10. The summed E-state index contributed by atoms with van der Waals surface area (Å²) >= 11 is 0. The summed E-state index contributed by atoms with van der Waals surface area (Å²) in [5.41, 5.74) is 0.666. The van der Waals surface area contributed by atoms with Crippen LogP contribution >= 0.6 is 0 Å². The average Bonchev–Trinajstić information content (AvgIpc) is 2.38. The molecule has 0 spiro atoms. The summed E-state index contributed by atoms with van der Waals surface area (Å²) in [6.45, 7) is 0.186. The molecular weight excluding hydrogens is 216 g/mol. The lowest BCUT2D eigenvalue weighted by atomic mass is 10.0. The molecular formula is C14H14O3. The van der Waals surface area contributed by atoms with Crippen LogP contribution in [0.25, 0.3) is 10.8 Å². The fraction of sp³-hybridized carbons (Fsp3) is 0.214. The molecule has 0 atom stereocenters. The van der Waals surface area contributed by atoms with Crippen LogP contribution in [0, 0.1) is 0 Å². The van der Waals surface area contributed by atoms with Crippen LogP contribution in [0.5, 0.6) is 0 Å². The van der Waals surface area contributed by atoms with Crippen molar-refractivity contribution in [1.82, 2.24) is 0 Å². The number of ether oxygens (including phenoxy) is 2. The second-order valence-corrected chi connectivity index (χ2v) is 3.74. The second kappa shape index (κ2) is 5.57. The van der Waals surface area contributed by atoms with E-state index in [1.54, 1.807) is 0 Å². The van der Waals surface area contributed by atoms with Gasteiger partial charge in [-0.3, -0.25) is 4.79 Å². The summed E-state index contributed by atoms with van der Waals surface area (Å²) in [6, 6.07) is 13.6. The van der Waals surface area contributed by atoms with E-state index in [-0.39, 0.29) is 19.2 Å². The summed E-state index contributed by atoms with van der Waals surface area (Å²) in [4.78, 5) is 11.8. The number of hydrogen-bond donors (Lipinski definition) is 0. The summed E-state index contributed by atoms with van der Waals surface area (Å²) in [6.07, 6.45) is 0. The van der Waals surface area contributed by atoms with E-state index >= 15 is 0 Å². The van der Waals surface area contributed by atoms with Gasteiger partial charge in [0.05, 0.1) is 0 Å². The Morgan fingerprint density at radius 2 is 1.88 bits per heavy atom. The number of hydrogen-bond acceptors (Lipinski definition) is 3. The van der Waals surface area contributed by atoms with Gasteiger partial charge in [0.25, 0.3) is 0 Å². The molecule has 0 fully saturated rings. The minimum Gasteiger partial charge on any atom is -0.359 e. The Bertz CT molecular complexity index is 520. The summed E-state index contributed by atoms with van der Waals surface area (Å²) in [7, 11) is 1.53. The molecule has 0 saturated carbocycles. The zero-order valence-electron chi connectivity index (χ0n) is 9.68. The number of fused-ring (bicyclic) bond motifs is 1. The third kappa shape index (κ3) is 2.90. The predicted octanol–water partition coefficient (Wildman–Crippen LogP) is 2.64. The van der Waals surface area contributed by atoms with Crippen molar-refractivity contribution in [3.05, 3.63) is 48.0 Å². The third-order valence-corrected chi connectivity index (χ3v) is 2.51.